The molecule has 1 atom stereocenters. The van der Waals surface area contributed by atoms with E-state index in [0.29, 0.717) is 0 Å². The summed E-state index contributed by atoms with van der Waals surface area (Å²) in [5.74, 6) is 0.208. The van der Waals surface area contributed by atoms with Crippen LogP contribution in [0.4, 0.5) is 0 Å². The van der Waals surface area contributed by atoms with Gasteiger partial charge in [-0.2, -0.15) is 0 Å². The minimum atomic E-state index is -0.300. The van der Waals surface area contributed by atoms with Crippen LogP contribution < -0.4 is 5.32 Å². The smallest absolute Gasteiger partial charge is 0.240 e. The van der Waals surface area contributed by atoms with E-state index < -0.39 is 0 Å². The number of amides is 1. The van der Waals surface area contributed by atoms with Crippen LogP contribution >= 0.6 is 0 Å². The molecule has 1 aliphatic heterocycles. The van der Waals surface area contributed by atoms with Crippen molar-refractivity contribution in [2.45, 2.75) is 45.2 Å². The van der Waals surface area contributed by atoms with E-state index in [1.165, 1.54) is 5.56 Å². The maximum atomic E-state index is 12.3. The van der Waals surface area contributed by atoms with Gasteiger partial charge in [0.2, 0.25) is 5.91 Å². The highest BCUT2D eigenvalue weighted by Crippen LogP contribution is 2.30. The molecule has 0 spiro atoms. The van der Waals surface area contributed by atoms with Crippen LogP contribution in [0.2, 0.25) is 0 Å². The molecule has 0 saturated carbocycles. The Hall–Kier alpha value is -1.35. The van der Waals surface area contributed by atoms with Gasteiger partial charge in [-0.3, -0.25) is 9.69 Å². The lowest BCUT2D eigenvalue weighted by Crippen LogP contribution is -2.53. The predicted molar refractivity (Wildman–Crippen MR) is 77.8 cm³/mol. The Bertz CT molecular complexity index is 418. The molecule has 3 nitrogen and oxygen atoms in total. The molecule has 1 unspecified atom stereocenters. The summed E-state index contributed by atoms with van der Waals surface area (Å²) in [5, 5.41) is 3.01. The normalized spacial score (nSPS) is 22.8. The van der Waals surface area contributed by atoms with Gasteiger partial charge in [0.05, 0.1) is 0 Å². The second-order valence-corrected chi connectivity index (χ2v) is 5.30. The molecule has 104 valence electrons. The van der Waals surface area contributed by atoms with Crippen LogP contribution in [0.5, 0.6) is 0 Å². The summed E-state index contributed by atoms with van der Waals surface area (Å²) in [5.41, 5.74) is 0.981. The molecule has 1 aromatic carbocycles. The molecule has 1 aliphatic rings. The van der Waals surface area contributed by atoms with Gasteiger partial charge >= 0.3 is 0 Å². The van der Waals surface area contributed by atoms with Crippen molar-refractivity contribution < 1.29 is 4.79 Å². The Kier molecular flexibility index (Phi) is 4.59. The Morgan fingerprint density at radius 3 is 2.53 bits per heavy atom. The molecule has 1 N–H and O–H groups in total. The van der Waals surface area contributed by atoms with Crippen molar-refractivity contribution in [3.8, 4) is 0 Å². The van der Waals surface area contributed by atoms with Crippen molar-refractivity contribution in [3.63, 3.8) is 0 Å². The molecular formula is C16H24N2O. The minimum absolute atomic E-state index is 0.208. The number of hydrogen-bond donors (Lipinski definition) is 1. The summed E-state index contributed by atoms with van der Waals surface area (Å²) in [7, 11) is 0. The highest BCUT2D eigenvalue weighted by molar-refractivity contribution is 5.88. The standard InChI is InChI=1S/C16H24N2O/c1-3-12-18(13-14-8-6-5-7-9-14)16(4-2)10-11-17-15(16)19/h5-9H,3-4,10-13H2,1-2H3,(H,17,19). The van der Waals surface area contributed by atoms with Crippen molar-refractivity contribution in [1.82, 2.24) is 10.2 Å². The van der Waals surface area contributed by atoms with Gasteiger partial charge in [0.15, 0.2) is 0 Å². The molecule has 0 bridgehead atoms. The van der Waals surface area contributed by atoms with Gasteiger partial charge in [0.1, 0.15) is 5.54 Å². The molecule has 1 amide bonds. The highest BCUT2D eigenvalue weighted by Gasteiger charge is 2.45. The van der Waals surface area contributed by atoms with Crippen LogP contribution in [0, 0.1) is 0 Å². The molecule has 3 heteroatoms. The zero-order valence-electron chi connectivity index (χ0n) is 12.0. The van der Waals surface area contributed by atoms with Crippen LogP contribution in [0.3, 0.4) is 0 Å². The molecule has 0 aliphatic carbocycles. The van der Waals surface area contributed by atoms with Gasteiger partial charge in [0.25, 0.3) is 0 Å². The molecule has 1 aromatic rings. The van der Waals surface area contributed by atoms with E-state index in [4.69, 9.17) is 0 Å². The highest BCUT2D eigenvalue weighted by atomic mass is 16.2. The lowest BCUT2D eigenvalue weighted by Gasteiger charge is -2.38. The van der Waals surface area contributed by atoms with E-state index in [1.54, 1.807) is 0 Å². The number of hydrogen-bond acceptors (Lipinski definition) is 2. The minimum Gasteiger partial charge on any atom is -0.354 e. The summed E-state index contributed by atoms with van der Waals surface area (Å²) in [6, 6.07) is 10.4. The molecular weight excluding hydrogens is 236 g/mol. The average Bonchev–Trinajstić information content (AvgIpc) is 2.82. The zero-order valence-corrected chi connectivity index (χ0v) is 12.0. The summed E-state index contributed by atoms with van der Waals surface area (Å²) in [4.78, 5) is 14.6. The summed E-state index contributed by atoms with van der Waals surface area (Å²) in [6.07, 6.45) is 2.88. The molecule has 1 saturated heterocycles. The third kappa shape index (κ3) is 2.81. The van der Waals surface area contributed by atoms with Gasteiger partial charge in [-0.25, -0.2) is 0 Å². The third-order valence-corrected chi connectivity index (χ3v) is 4.15. The molecule has 19 heavy (non-hydrogen) atoms. The van der Waals surface area contributed by atoms with Crippen LogP contribution in [-0.4, -0.2) is 29.4 Å². The van der Waals surface area contributed by atoms with Crippen molar-refractivity contribution in [1.29, 1.82) is 0 Å². The first-order valence-corrected chi connectivity index (χ1v) is 7.30. The number of nitrogens with zero attached hydrogens (tertiary/aromatic N) is 1. The number of rotatable bonds is 6. The monoisotopic (exact) mass is 260 g/mol. The van der Waals surface area contributed by atoms with Gasteiger partial charge in [-0.1, -0.05) is 44.2 Å². The quantitative estimate of drug-likeness (QED) is 0.852. The van der Waals surface area contributed by atoms with Gasteiger partial charge in [0, 0.05) is 13.1 Å². The first kappa shape index (κ1) is 14.1. The second kappa shape index (κ2) is 6.20. The fraction of sp³-hybridized carbons (Fsp3) is 0.562. The van der Waals surface area contributed by atoms with E-state index in [2.05, 4.69) is 48.3 Å². The van der Waals surface area contributed by atoms with E-state index in [-0.39, 0.29) is 11.4 Å². The Morgan fingerprint density at radius 2 is 2.00 bits per heavy atom. The molecule has 1 fully saturated rings. The van der Waals surface area contributed by atoms with Crippen molar-refractivity contribution >= 4 is 5.91 Å². The molecule has 1 heterocycles. The largest absolute Gasteiger partial charge is 0.354 e. The topological polar surface area (TPSA) is 32.3 Å². The number of benzene rings is 1. The summed E-state index contributed by atoms with van der Waals surface area (Å²) >= 11 is 0. The Labute approximate surface area is 116 Å². The first-order valence-electron chi connectivity index (χ1n) is 7.30. The van der Waals surface area contributed by atoms with Crippen LogP contribution in [0.1, 0.15) is 38.7 Å². The van der Waals surface area contributed by atoms with Gasteiger partial charge < -0.3 is 5.32 Å². The van der Waals surface area contributed by atoms with Gasteiger partial charge in [-0.05, 0) is 31.4 Å². The lowest BCUT2D eigenvalue weighted by molar-refractivity contribution is -0.130. The summed E-state index contributed by atoms with van der Waals surface area (Å²) in [6.45, 7) is 6.93. The molecule has 2 rings (SSSR count). The number of nitrogens with one attached hydrogen (secondary N) is 1. The first-order chi connectivity index (χ1) is 9.23. The van der Waals surface area contributed by atoms with E-state index >= 15 is 0 Å². The zero-order chi connectivity index (χ0) is 13.7. The third-order valence-electron chi connectivity index (χ3n) is 4.15. The lowest BCUT2D eigenvalue weighted by atomic mass is 9.91. The number of carbonyl (C=O) groups excluding carboxylic acids is 1. The Morgan fingerprint density at radius 1 is 1.26 bits per heavy atom. The fourth-order valence-electron chi connectivity index (χ4n) is 3.04. The Balaban J connectivity index is 2.21. The van der Waals surface area contributed by atoms with E-state index in [9.17, 15) is 4.79 Å². The number of carbonyl (C=O) groups is 1. The fourth-order valence-corrected chi connectivity index (χ4v) is 3.04. The maximum absolute atomic E-state index is 12.3. The average molecular weight is 260 g/mol. The van der Waals surface area contributed by atoms with Crippen molar-refractivity contribution in [3.05, 3.63) is 35.9 Å². The van der Waals surface area contributed by atoms with Crippen LogP contribution in [0.25, 0.3) is 0 Å². The van der Waals surface area contributed by atoms with Crippen molar-refractivity contribution in [2.75, 3.05) is 13.1 Å². The SMILES string of the molecule is CCCN(Cc1ccccc1)C1(CC)CCNC1=O. The predicted octanol–water partition coefficient (Wildman–Crippen LogP) is 2.57. The summed E-state index contributed by atoms with van der Waals surface area (Å²) < 4.78 is 0. The maximum Gasteiger partial charge on any atom is 0.240 e. The molecule has 0 aromatic heterocycles. The van der Waals surface area contributed by atoms with Crippen LogP contribution in [-0.2, 0) is 11.3 Å². The molecule has 0 radical (unpaired) electrons. The van der Waals surface area contributed by atoms with E-state index in [1.807, 2.05) is 6.07 Å². The van der Waals surface area contributed by atoms with Crippen LogP contribution in [0.15, 0.2) is 30.3 Å². The van der Waals surface area contributed by atoms with Crippen molar-refractivity contribution in [2.24, 2.45) is 0 Å². The van der Waals surface area contributed by atoms with E-state index in [0.717, 1.165) is 38.9 Å². The second-order valence-electron chi connectivity index (χ2n) is 5.30. The van der Waals surface area contributed by atoms with Gasteiger partial charge in [-0.15, -0.1) is 0 Å².